The molecule has 1 aromatic rings. The summed E-state index contributed by atoms with van der Waals surface area (Å²) in [5.41, 5.74) is -0.534. The fraction of sp³-hybridized carbons (Fsp3) is 0.357. The summed E-state index contributed by atoms with van der Waals surface area (Å²) in [5, 5.41) is 0. The van der Waals surface area contributed by atoms with Crippen LogP contribution in [-0.2, 0) is 9.59 Å². The Morgan fingerprint density at radius 3 is 2.18 bits per heavy atom. The lowest BCUT2D eigenvalue weighted by atomic mass is 9.80. The highest BCUT2D eigenvalue weighted by molar-refractivity contribution is 6.16. The predicted octanol–water partition coefficient (Wildman–Crippen LogP) is 2.20. The Morgan fingerprint density at radius 1 is 1.12 bits per heavy atom. The third kappa shape index (κ3) is 2.05. The van der Waals surface area contributed by atoms with Crippen molar-refractivity contribution in [3.05, 3.63) is 35.9 Å². The van der Waals surface area contributed by atoms with E-state index in [-0.39, 0.29) is 36.6 Å². The molecule has 0 bridgehead atoms. The lowest BCUT2D eigenvalue weighted by molar-refractivity contribution is -0.133. The topological polar surface area (TPSA) is 51.2 Å². The molecule has 0 N–H and O–H groups in total. The lowest BCUT2D eigenvalue weighted by Crippen LogP contribution is -2.32. The first-order valence-corrected chi connectivity index (χ1v) is 5.69. The molecule has 3 nitrogen and oxygen atoms in total. The zero-order chi connectivity index (χ0) is 12.5. The van der Waals surface area contributed by atoms with E-state index in [1.807, 2.05) is 6.07 Å². The van der Waals surface area contributed by atoms with Gasteiger partial charge < -0.3 is 0 Å². The molecule has 1 saturated carbocycles. The van der Waals surface area contributed by atoms with E-state index in [0.717, 1.165) is 0 Å². The van der Waals surface area contributed by atoms with Gasteiger partial charge in [0.1, 0.15) is 11.6 Å². The quantitative estimate of drug-likeness (QED) is 0.590. The van der Waals surface area contributed by atoms with Crippen LogP contribution in [0.2, 0.25) is 0 Å². The molecule has 0 spiro atoms. The van der Waals surface area contributed by atoms with Crippen LogP contribution in [0.1, 0.15) is 36.5 Å². The van der Waals surface area contributed by atoms with E-state index in [4.69, 9.17) is 0 Å². The Morgan fingerprint density at radius 2 is 1.65 bits per heavy atom. The number of ketones is 3. The van der Waals surface area contributed by atoms with Gasteiger partial charge in [0, 0.05) is 24.8 Å². The van der Waals surface area contributed by atoms with Crippen LogP contribution in [-0.4, -0.2) is 17.3 Å². The summed E-state index contributed by atoms with van der Waals surface area (Å²) in [6.45, 7) is 1.59. The molecule has 17 heavy (non-hydrogen) atoms. The van der Waals surface area contributed by atoms with Gasteiger partial charge in [-0.15, -0.1) is 0 Å². The Hall–Kier alpha value is -1.77. The van der Waals surface area contributed by atoms with Crippen LogP contribution in [0.3, 0.4) is 0 Å². The van der Waals surface area contributed by atoms with Crippen molar-refractivity contribution in [3.63, 3.8) is 0 Å². The average Bonchev–Trinajstić information content (AvgIpc) is 2.58. The molecule has 0 amide bonds. The first-order valence-electron chi connectivity index (χ1n) is 5.69. The van der Waals surface area contributed by atoms with Crippen molar-refractivity contribution in [1.29, 1.82) is 0 Å². The molecule has 0 radical (unpaired) electrons. The molecule has 1 aliphatic rings. The summed E-state index contributed by atoms with van der Waals surface area (Å²) in [5.74, 6) is -0.352. The average molecular weight is 230 g/mol. The summed E-state index contributed by atoms with van der Waals surface area (Å²) in [7, 11) is 0. The van der Waals surface area contributed by atoms with Gasteiger partial charge >= 0.3 is 0 Å². The molecular weight excluding hydrogens is 216 g/mol. The van der Waals surface area contributed by atoms with Crippen LogP contribution >= 0.6 is 0 Å². The highest BCUT2D eigenvalue weighted by atomic mass is 16.2. The molecule has 3 heteroatoms. The van der Waals surface area contributed by atoms with E-state index in [2.05, 4.69) is 0 Å². The maximum Gasteiger partial charge on any atom is 0.164 e. The normalized spacial score (nSPS) is 18.4. The van der Waals surface area contributed by atoms with Crippen molar-refractivity contribution in [2.45, 2.75) is 26.2 Å². The van der Waals surface area contributed by atoms with Crippen LogP contribution in [0, 0.1) is 5.41 Å². The van der Waals surface area contributed by atoms with Crippen LogP contribution in [0.25, 0.3) is 0 Å². The molecular formula is C14H14O3. The molecule has 2 rings (SSSR count). The third-order valence-corrected chi connectivity index (χ3v) is 3.42. The van der Waals surface area contributed by atoms with Crippen molar-refractivity contribution in [3.8, 4) is 0 Å². The van der Waals surface area contributed by atoms with Gasteiger partial charge in [-0.2, -0.15) is 0 Å². The highest BCUT2D eigenvalue weighted by Crippen LogP contribution is 2.35. The number of benzene rings is 1. The largest absolute Gasteiger partial charge is 0.299 e. The zero-order valence-electron chi connectivity index (χ0n) is 9.73. The predicted molar refractivity (Wildman–Crippen MR) is 62.7 cm³/mol. The van der Waals surface area contributed by atoms with Gasteiger partial charge in [-0.05, 0) is 6.92 Å². The van der Waals surface area contributed by atoms with E-state index in [0.29, 0.717) is 5.56 Å². The molecule has 0 atom stereocenters. The maximum absolute atomic E-state index is 12.0. The Bertz CT molecular complexity index is 458. The van der Waals surface area contributed by atoms with Crippen LogP contribution < -0.4 is 0 Å². The first kappa shape index (κ1) is 11.7. The Kier molecular flexibility index (Phi) is 2.92. The lowest BCUT2D eigenvalue weighted by Gasteiger charge is -2.18. The van der Waals surface area contributed by atoms with E-state index in [1.54, 1.807) is 31.2 Å². The summed E-state index contributed by atoms with van der Waals surface area (Å²) in [6.07, 6.45) is 0.545. The third-order valence-electron chi connectivity index (χ3n) is 3.42. The van der Waals surface area contributed by atoms with Gasteiger partial charge in [0.25, 0.3) is 0 Å². The minimum absolute atomic E-state index is 0.00528. The second-order valence-electron chi connectivity index (χ2n) is 4.64. The summed E-state index contributed by atoms with van der Waals surface area (Å²) < 4.78 is 0. The second-order valence-corrected chi connectivity index (χ2v) is 4.64. The first-order chi connectivity index (χ1) is 8.04. The standard InChI is InChI=1S/C14H14O3/c1-14(12(16)7-8-13(14)17)9-11(15)10-5-3-2-4-6-10/h2-6H,7-9H2,1H3. The van der Waals surface area contributed by atoms with Crippen molar-refractivity contribution in [1.82, 2.24) is 0 Å². The van der Waals surface area contributed by atoms with Gasteiger partial charge in [0.05, 0.1) is 5.41 Å². The Labute approximate surface area is 99.8 Å². The van der Waals surface area contributed by atoms with Crippen LogP contribution in [0.4, 0.5) is 0 Å². The molecule has 0 unspecified atom stereocenters. The zero-order valence-corrected chi connectivity index (χ0v) is 9.73. The monoisotopic (exact) mass is 230 g/mol. The van der Waals surface area contributed by atoms with E-state index < -0.39 is 5.41 Å². The SMILES string of the molecule is CC1(CC(=O)c2ccccc2)C(=O)CCC1=O. The Balaban J connectivity index is 2.19. The van der Waals surface area contributed by atoms with E-state index in [1.165, 1.54) is 0 Å². The van der Waals surface area contributed by atoms with Crippen molar-refractivity contribution in [2.75, 3.05) is 0 Å². The fourth-order valence-electron chi connectivity index (χ4n) is 2.18. The van der Waals surface area contributed by atoms with Crippen molar-refractivity contribution >= 4 is 17.3 Å². The summed E-state index contributed by atoms with van der Waals surface area (Å²) >= 11 is 0. The minimum atomic E-state index is -1.09. The second kappa shape index (κ2) is 4.24. The van der Waals surface area contributed by atoms with Crippen LogP contribution in [0.5, 0.6) is 0 Å². The molecule has 0 saturated heterocycles. The summed E-state index contributed by atoms with van der Waals surface area (Å²) in [4.78, 5) is 35.4. The molecule has 1 aliphatic carbocycles. The van der Waals surface area contributed by atoms with Gasteiger partial charge in [0.15, 0.2) is 5.78 Å². The molecule has 0 heterocycles. The van der Waals surface area contributed by atoms with Crippen molar-refractivity contribution < 1.29 is 14.4 Å². The fourth-order valence-corrected chi connectivity index (χ4v) is 2.18. The molecule has 88 valence electrons. The van der Waals surface area contributed by atoms with Crippen molar-refractivity contribution in [2.24, 2.45) is 5.41 Å². The van der Waals surface area contributed by atoms with E-state index in [9.17, 15) is 14.4 Å². The van der Waals surface area contributed by atoms with E-state index >= 15 is 0 Å². The van der Waals surface area contributed by atoms with Gasteiger partial charge in [-0.25, -0.2) is 0 Å². The number of Topliss-reactive ketones (excluding diaryl/α,β-unsaturated/α-hetero) is 3. The number of carbonyl (C=O) groups excluding carboxylic acids is 3. The summed E-state index contributed by atoms with van der Waals surface area (Å²) in [6, 6.07) is 8.78. The highest BCUT2D eigenvalue weighted by Gasteiger charge is 2.46. The smallest absolute Gasteiger partial charge is 0.164 e. The van der Waals surface area contributed by atoms with Crippen LogP contribution in [0.15, 0.2) is 30.3 Å². The minimum Gasteiger partial charge on any atom is -0.299 e. The number of hydrogen-bond acceptors (Lipinski definition) is 3. The molecule has 0 aliphatic heterocycles. The van der Waals surface area contributed by atoms with Gasteiger partial charge in [-0.1, -0.05) is 30.3 Å². The molecule has 1 aromatic carbocycles. The molecule has 0 aromatic heterocycles. The number of hydrogen-bond donors (Lipinski definition) is 0. The molecule has 1 fully saturated rings. The van der Waals surface area contributed by atoms with Gasteiger partial charge in [0.2, 0.25) is 0 Å². The number of rotatable bonds is 3. The number of carbonyl (C=O) groups is 3. The maximum atomic E-state index is 12.0. The van der Waals surface area contributed by atoms with Gasteiger partial charge in [-0.3, -0.25) is 14.4 Å².